The fourth-order valence-corrected chi connectivity index (χ4v) is 3.53. The van der Waals surface area contributed by atoms with Crippen LogP contribution in [0, 0.1) is 5.21 Å². The average Bonchev–Trinajstić information content (AvgIpc) is 2.94. The minimum Gasteiger partial charge on any atom is -0.710 e. The molecule has 1 heterocycles. The first-order chi connectivity index (χ1) is 12.7. The van der Waals surface area contributed by atoms with Crippen molar-refractivity contribution in [2.24, 2.45) is 0 Å². The first-order valence-electron chi connectivity index (χ1n) is 8.11. The van der Waals surface area contributed by atoms with Gasteiger partial charge in [-0.05, 0) is 32.8 Å². The topological polar surface area (TPSA) is 52.1 Å². The fraction of sp³-hybridized carbons (Fsp3) is 0. The van der Waals surface area contributed by atoms with E-state index >= 15 is 0 Å². The van der Waals surface area contributed by atoms with Crippen LogP contribution in [0.15, 0.2) is 89.4 Å². The van der Waals surface area contributed by atoms with Gasteiger partial charge in [-0.1, -0.05) is 72.8 Å². The van der Waals surface area contributed by atoms with Crippen LogP contribution in [0.2, 0.25) is 0 Å². The summed E-state index contributed by atoms with van der Waals surface area (Å²) in [6.07, 6.45) is 0. The molecule has 0 aliphatic heterocycles. The zero-order chi connectivity index (χ0) is 18.1. The number of aromatic nitrogens is 2. The fourth-order valence-electron chi connectivity index (χ4n) is 3.07. The van der Waals surface area contributed by atoms with E-state index in [0.29, 0.717) is 17.0 Å². The molecule has 0 saturated carbocycles. The molecule has 0 amide bonds. The first-order valence-corrected chi connectivity index (χ1v) is 8.91. The highest BCUT2D eigenvalue weighted by Gasteiger charge is 2.31. The molecule has 0 atom stereocenters. The number of nitrogens with zero attached hydrogens (tertiary/aromatic N) is 2. The van der Waals surface area contributed by atoms with Crippen molar-refractivity contribution in [2.45, 2.75) is 0 Å². The van der Waals surface area contributed by atoms with E-state index in [4.69, 9.17) is 0 Å². The largest absolute Gasteiger partial charge is 0.710 e. The third kappa shape index (κ3) is 2.66. The Hall–Kier alpha value is -3.05. The van der Waals surface area contributed by atoms with E-state index in [9.17, 15) is 10.4 Å². The van der Waals surface area contributed by atoms with Crippen molar-refractivity contribution in [3.8, 4) is 33.9 Å². The van der Waals surface area contributed by atoms with E-state index in [-0.39, 0.29) is 5.82 Å². The Kier molecular flexibility index (Phi) is 4.22. The minimum atomic E-state index is 0.162. The van der Waals surface area contributed by atoms with Gasteiger partial charge in [0.2, 0.25) is 5.69 Å². The first kappa shape index (κ1) is 16.4. The molecule has 1 N–H and O–H groups in total. The van der Waals surface area contributed by atoms with Gasteiger partial charge in [0.25, 0.3) is 0 Å². The molecule has 4 aromatic rings. The molecule has 4 rings (SSSR count). The van der Waals surface area contributed by atoms with E-state index in [1.807, 2.05) is 78.9 Å². The van der Waals surface area contributed by atoms with E-state index in [1.54, 1.807) is 6.07 Å². The lowest BCUT2D eigenvalue weighted by molar-refractivity contribution is -0.582. The third-order valence-corrected chi connectivity index (χ3v) is 4.93. The quantitative estimate of drug-likeness (QED) is 0.291. The second kappa shape index (κ2) is 6.69. The molecule has 128 valence electrons. The number of hydrogen-bond acceptors (Lipinski definition) is 2. The van der Waals surface area contributed by atoms with Crippen molar-refractivity contribution in [3.05, 3.63) is 94.6 Å². The molecule has 0 aliphatic carbocycles. The zero-order valence-electron chi connectivity index (χ0n) is 13.7. The summed E-state index contributed by atoms with van der Waals surface area (Å²) in [4.78, 5) is 0. The Morgan fingerprint density at radius 3 is 1.92 bits per heavy atom. The number of rotatable bonds is 3. The molecule has 0 unspecified atom stereocenters. The maximum Gasteiger partial charge on any atom is 0.333 e. The van der Waals surface area contributed by atoms with E-state index in [2.05, 4.69) is 15.9 Å². The van der Waals surface area contributed by atoms with Crippen molar-refractivity contribution in [2.75, 3.05) is 0 Å². The van der Waals surface area contributed by atoms with Crippen molar-refractivity contribution in [1.29, 1.82) is 0 Å². The second-order valence-electron chi connectivity index (χ2n) is 5.84. The summed E-state index contributed by atoms with van der Waals surface area (Å²) >= 11 is 3.47. The van der Waals surface area contributed by atoms with Gasteiger partial charge in [-0.3, -0.25) is 0 Å². The lowest BCUT2D eigenvalue weighted by Gasteiger charge is -2.07. The van der Waals surface area contributed by atoms with Gasteiger partial charge in [-0.25, -0.2) is 4.73 Å². The zero-order valence-corrected chi connectivity index (χ0v) is 15.3. The SMILES string of the molecule is [O-][n+]1c(-c2ccccc2)c(-c2ccccc2)n(O)c1-c1ccccc1Br. The highest BCUT2D eigenvalue weighted by Crippen LogP contribution is 2.35. The summed E-state index contributed by atoms with van der Waals surface area (Å²) in [5.74, 6) is 0.162. The smallest absolute Gasteiger partial charge is 0.333 e. The molecular weight excluding hydrogens is 392 g/mol. The Morgan fingerprint density at radius 1 is 0.769 bits per heavy atom. The van der Waals surface area contributed by atoms with Crippen LogP contribution in [0.3, 0.4) is 0 Å². The Labute approximate surface area is 159 Å². The van der Waals surface area contributed by atoms with Gasteiger partial charge in [-0.2, -0.15) is 0 Å². The van der Waals surface area contributed by atoms with Crippen LogP contribution in [0.25, 0.3) is 33.9 Å². The van der Waals surface area contributed by atoms with Crippen LogP contribution in [0.1, 0.15) is 0 Å². The van der Waals surface area contributed by atoms with Crippen molar-refractivity contribution in [1.82, 2.24) is 4.73 Å². The number of halogens is 1. The van der Waals surface area contributed by atoms with E-state index in [1.165, 1.54) is 0 Å². The number of benzene rings is 3. The van der Waals surface area contributed by atoms with Gasteiger partial charge in [-0.15, -0.1) is 0 Å². The van der Waals surface area contributed by atoms with Gasteiger partial charge in [0, 0.05) is 15.6 Å². The van der Waals surface area contributed by atoms with Gasteiger partial charge < -0.3 is 10.4 Å². The average molecular weight is 407 g/mol. The normalized spacial score (nSPS) is 10.8. The van der Waals surface area contributed by atoms with Crippen LogP contribution in [0.5, 0.6) is 0 Å². The molecule has 0 saturated heterocycles. The Morgan fingerprint density at radius 2 is 1.31 bits per heavy atom. The van der Waals surface area contributed by atoms with Crippen LogP contribution >= 0.6 is 15.9 Å². The number of imidazole rings is 1. The van der Waals surface area contributed by atoms with Gasteiger partial charge >= 0.3 is 5.82 Å². The van der Waals surface area contributed by atoms with E-state index < -0.39 is 0 Å². The highest BCUT2D eigenvalue weighted by molar-refractivity contribution is 9.10. The summed E-state index contributed by atoms with van der Waals surface area (Å²) < 4.78 is 2.50. The number of hydrogen-bond donors (Lipinski definition) is 1. The molecule has 0 spiro atoms. The molecule has 26 heavy (non-hydrogen) atoms. The lowest BCUT2D eigenvalue weighted by atomic mass is 10.1. The van der Waals surface area contributed by atoms with Crippen molar-refractivity contribution >= 4 is 15.9 Å². The summed E-state index contributed by atoms with van der Waals surface area (Å²) in [7, 11) is 0. The molecule has 0 radical (unpaired) electrons. The van der Waals surface area contributed by atoms with Crippen LogP contribution in [0.4, 0.5) is 0 Å². The third-order valence-electron chi connectivity index (χ3n) is 4.24. The maximum absolute atomic E-state index is 13.3. The predicted octanol–water partition coefficient (Wildman–Crippen LogP) is 5.12. The maximum atomic E-state index is 13.3. The molecule has 0 fully saturated rings. The van der Waals surface area contributed by atoms with Gasteiger partial charge in [0.1, 0.15) is 0 Å². The summed E-state index contributed by atoms with van der Waals surface area (Å²) in [5.41, 5.74) is 2.98. The van der Waals surface area contributed by atoms with Crippen molar-refractivity contribution < 1.29 is 9.94 Å². The molecular formula is C21H15BrN2O2. The Balaban J connectivity index is 2.08. The highest BCUT2D eigenvalue weighted by atomic mass is 79.9. The molecule has 3 aromatic carbocycles. The summed E-state index contributed by atoms with van der Waals surface area (Å²) in [5, 5.41) is 24.2. The van der Waals surface area contributed by atoms with Crippen LogP contribution < -0.4 is 4.73 Å². The predicted molar refractivity (Wildman–Crippen MR) is 105 cm³/mol. The summed E-state index contributed by atoms with van der Waals surface area (Å²) in [6.45, 7) is 0. The molecule has 0 aliphatic rings. The minimum absolute atomic E-state index is 0.162. The van der Waals surface area contributed by atoms with Crippen LogP contribution in [-0.2, 0) is 0 Å². The van der Waals surface area contributed by atoms with Crippen molar-refractivity contribution in [3.63, 3.8) is 0 Å². The van der Waals surface area contributed by atoms with E-state index in [0.717, 1.165) is 25.1 Å². The molecule has 4 nitrogen and oxygen atoms in total. The molecule has 1 aromatic heterocycles. The summed E-state index contributed by atoms with van der Waals surface area (Å²) in [6, 6.07) is 26.1. The Bertz CT molecular complexity index is 997. The lowest BCUT2D eigenvalue weighted by Crippen LogP contribution is -2.30. The molecule has 0 bridgehead atoms. The van der Waals surface area contributed by atoms with Crippen LogP contribution in [-0.4, -0.2) is 9.94 Å². The van der Waals surface area contributed by atoms with Gasteiger partial charge in [0.05, 0.1) is 5.56 Å². The molecule has 5 heteroatoms. The second-order valence-corrected chi connectivity index (χ2v) is 6.69. The standard InChI is InChI=1S/C21H15BrN2O2/c22-18-14-8-7-13-17(18)21-23(25)19(15-9-3-1-4-10-15)20(24(21)26)16-11-5-2-6-12-16/h1-14,25H. The van der Waals surface area contributed by atoms with Gasteiger partial charge in [0.15, 0.2) is 5.69 Å². The monoisotopic (exact) mass is 406 g/mol.